The number of ether oxygens (including phenoxy) is 2. The Morgan fingerprint density at radius 1 is 0.611 bits per heavy atom. The van der Waals surface area contributed by atoms with Crippen molar-refractivity contribution in [1.82, 2.24) is 10.6 Å². The van der Waals surface area contributed by atoms with Gasteiger partial charge in [0.15, 0.2) is 0 Å². The molecule has 4 N–H and O–H groups in total. The van der Waals surface area contributed by atoms with E-state index < -0.39 is 0 Å². The summed E-state index contributed by atoms with van der Waals surface area (Å²) in [6.07, 6.45) is 5.14. The van der Waals surface area contributed by atoms with E-state index in [1.807, 2.05) is 60.7 Å². The van der Waals surface area contributed by atoms with Gasteiger partial charge in [0.2, 0.25) is 0 Å². The Kier molecular flexibility index (Phi) is 11.5. The maximum absolute atomic E-state index is 11.6. The fraction of sp³-hybridized carbons (Fsp3) is 0.500. The molecule has 2 aromatic carbocycles. The second kappa shape index (κ2) is 15.1. The standard InChI is InChI=1S/2C14H19NO3/c2*16-13-8-6-12(7-9-13)15-14(17)18-10-11-4-2-1-3-5-11/h2*1-5,12-13,16H,6-10H2,(H,15,17). The highest BCUT2D eigenvalue weighted by Crippen LogP contribution is 2.19. The van der Waals surface area contributed by atoms with E-state index in [0.717, 1.165) is 62.5 Å². The van der Waals surface area contributed by atoms with E-state index in [0.29, 0.717) is 13.2 Å². The molecule has 8 heteroatoms. The predicted octanol–water partition coefficient (Wildman–Crippen LogP) is 4.43. The van der Waals surface area contributed by atoms with Crippen LogP contribution < -0.4 is 10.6 Å². The van der Waals surface area contributed by atoms with Crippen molar-refractivity contribution in [2.45, 2.75) is 88.9 Å². The Bertz CT molecular complexity index is 819. The molecule has 2 aromatic rings. The molecule has 2 aliphatic carbocycles. The van der Waals surface area contributed by atoms with E-state index >= 15 is 0 Å². The van der Waals surface area contributed by atoms with Crippen molar-refractivity contribution in [1.29, 1.82) is 0 Å². The molecule has 4 rings (SSSR count). The monoisotopic (exact) mass is 498 g/mol. The second-order valence-electron chi connectivity index (χ2n) is 9.42. The molecule has 0 aliphatic heterocycles. The summed E-state index contributed by atoms with van der Waals surface area (Å²) in [4.78, 5) is 23.1. The molecule has 2 saturated carbocycles. The van der Waals surface area contributed by atoms with Gasteiger partial charge in [-0.25, -0.2) is 9.59 Å². The highest BCUT2D eigenvalue weighted by molar-refractivity contribution is 5.68. The SMILES string of the molecule is O=C(NC1CCC(O)CC1)OCc1ccccc1.O=C(NC1CCC(O)CC1)OCc1ccccc1. The molecule has 0 saturated heterocycles. The topological polar surface area (TPSA) is 117 Å². The lowest BCUT2D eigenvalue weighted by atomic mass is 9.93. The number of hydrogen-bond donors (Lipinski definition) is 4. The smallest absolute Gasteiger partial charge is 0.407 e. The summed E-state index contributed by atoms with van der Waals surface area (Å²) in [6.45, 7) is 0.587. The zero-order chi connectivity index (χ0) is 25.6. The zero-order valence-corrected chi connectivity index (χ0v) is 20.7. The molecule has 0 aromatic heterocycles. The van der Waals surface area contributed by atoms with Gasteiger partial charge in [-0.2, -0.15) is 0 Å². The summed E-state index contributed by atoms with van der Waals surface area (Å²) in [5.74, 6) is 0. The molecule has 0 spiro atoms. The van der Waals surface area contributed by atoms with Crippen molar-refractivity contribution < 1.29 is 29.3 Å². The van der Waals surface area contributed by atoms with Crippen molar-refractivity contribution in [2.24, 2.45) is 0 Å². The number of amides is 2. The molecule has 36 heavy (non-hydrogen) atoms. The molecule has 0 heterocycles. The number of carbonyl (C=O) groups is 2. The summed E-state index contributed by atoms with van der Waals surface area (Å²) in [6, 6.07) is 19.5. The van der Waals surface area contributed by atoms with E-state index in [-0.39, 0.29) is 36.5 Å². The van der Waals surface area contributed by atoms with Crippen molar-refractivity contribution >= 4 is 12.2 Å². The van der Waals surface area contributed by atoms with Gasteiger partial charge in [-0.15, -0.1) is 0 Å². The van der Waals surface area contributed by atoms with Crippen molar-refractivity contribution in [3.63, 3.8) is 0 Å². The fourth-order valence-corrected chi connectivity index (χ4v) is 4.30. The van der Waals surface area contributed by atoms with Crippen LogP contribution in [0.15, 0.2) is 60.7 Å². The molecule has 0 radical (unpaired) electrons. The van der Waals surface area contributed by atoms with Gasteiger partial charge in [0.25, 0.3) is 0 Å². The lowest BCUT2D eigenvalue weighted by molar-refractivity contribution is 0.104. The average molecular weight is 499 g/mol. The molecule has 196 valence electrons. The van der Waals surface area contributed by atoms with E-state index in [1.165, 1.54) is 0 Å². The van der Waals surface area contributed by atoms with Crippen LogP contribution in [0, 0.1) is 0 Å². The van der Waals surface area contributed by atoms with Gasteiger partial charge in [-0.1, -0.05) is 60.7 Å². The number of aliphatic hydroxyl groups is 2. The molecule has 0 atom stereocenters. The van der Waals surface area contributed by atoms with Gasteiger partial charge >= 0.3 is 12.2 Å². The first-order valence-electron chi connectivity index (χ1n) is 12.8. The number of nitrogens with one attached hydrogen (secondary N) is 2. The molecule has 8 nitrogen and oxygen atoms in total. The summed E-state index contributed by atoms with van der Waals surface area (Å²) < 4.78 is 10.3. The number of hydrogen-bond acceptors (Lipinski definition) is 6. The number of aliphatic hydroxyl groups excluding tert-OH is 2. The van der Waals surface area contributed by atoms with Crippen LogP contribution in [0.25, 0.3) is 0 Å². The molecule has 0 unspecified atom stereocenters. The quantitative estimate of drug-likeness (QED) is 0.468. The average Bonchev–Trinajstić information content (AvgIpc) is 2.91. The lowest BCUT2D eigenvalue weighted by Crippen LogP contribution is -2.38. The second-order valence-corrected chi connectivity index (χ2v) is 9.42. The third-order valence-electron chi connectivity index (χ3n) is 6.46. The maximum Gasteiger partial charge on any atom is 0.407 e. The molecule has 0 bridgehead atoms. The van der Waals surface area contributed by atoms with Crippen LogP contribution in [0.5, 0.6) is 0 Å². The van der Waals surface area contributed by atoms with Crippen LogP contribution in [-0.2, 0) is 22.7 Å². The minimum Gasteiger partial charge on any atom is -0.445 e. The van der Waals surface area contributed by atoms with Gasteiger partial charge in [-0.05, 0) is 62.5 Å². The van der Waals surface area contributed by atoms with Gasteiger partial charge in [0.1, 0.15) is 13.2 Å². The number of rotatable bonds is 6. The summed E-state index contributed by atoms with van der Waals surface area (Å²) in [5.41, 5.74) is 1.96. The number of carbonyl (C=O) groups excluding carboxylic acids is 2. The van der Waals surface area contributed by atoms with E-state index in [9.17, 15) is 19.8 Å². The Balaban J connectivity index is 0.000000201. The van der Waals surface area contributed by atoms with Crippen LogP contribution in [0.3, 0.4) is 0 Å². The number of benzene rings is 2. The van der Waals surface area contributed by atoms with Crippen LogP contribution in [0.4, 0.5) is 9.59 Å². The van der Waals surface area contributed by atoms with Gasteiger partial charge in [-0.3, -0.25) is 0 Å². The van der Waals surface area contributed by atoms with Gasteiger partial charge in [0, 0.05) is 12.1 Å². The summed E-state index contributed by atoms with van der Waals surface area (Å²) in [5, 5.41) is 24.4. The van der Waals surface area contributed by atoms with Crippen molar-refractivity contribution in [3.8, 4) is 0 Å². The minimum atomic E-state index is -0.375. The van der Waals surface area contributed by atoms with Crippen LogP contribution in [0.2, 0.25) is 0 Å². The first kappa shape index (κ1) is 27.5. The van der Waals surface area contributed by atoms with Gasteiger partial charge < -0.3 is 30.3 Å². The molecular formula is C28H38N2O6. The normalized spacial score (nSPS) is 23.4. The van der Waals surface area contributed by atoms with Gasteiger partial charge in [0.05, 0.1) is 12.2 Å². The van der Waals surface area contributed by atoms with E-state index in [1.54, 1.807) is 0 Å². The number of alkyl carbamates (subject to hydrolysis) is 2. The lowest BCUT2D eigenvalue weighted by Gasteiger charge is -2.25. The van der Waals surface area contributed by atoms with Crippen molar-refractivity contribution in [2.75, 3.05) is 0 Å². The summed E-state index contributed by atoms with van der Waals surface area (Å²) in [7, 11) is 0. The van der Waals surface area contributed by atoms with Crippen LogP contribution in [-0.4, -0.2) is 46.7 Å². The fourth-order valence-electron chi connectivity index (χ4n) is 4.30. The largest absolute Gasteiger partial charge is 0.445 e. The third-order valence-corrected chi connectivity index (χ3v) is 6.46. The maximum atomic E-state index is 11.6. The molecule has 2 aliphatic rings. The zero-order valence-electron chi connectivity index (χ0n) is 20.7. The van der Waals surface area contributed by atoms with Crippen LogP contribution in [0.1, 0.15) is 62.5 Å². The first-order valence-corrected chi connectivity index (χ1v) is 12.8. The van der Waals surface area contributed by atoms with Crippen molar-refractivity contribution in [3.05, 3.63) is 71.8 Å². The van der Waals surface area contributed by atoms with E-state index in [4.69, 9.17) is 9.47 Å². The highest BCUT2D eigenvalue weighted by Gasteiger charge is 2.22. The first-order chi connectivity index (χ1) is 17.5. The third kappa shape index (κ3) is 10.7. The highest BCUT2D eigenvalue weighted by atomic mass is 16.6. The molecule has 2 fully saturated rings. The Morgan fingerprint density at radius 3 is 1.28 bits per heavy atom. The summed E-state index contributed by atoms with van der Waals surface area (Å²) >= 11 is 0. The molecular weight excluding hydrogens is 460 g/mol. The molecule has 2 amide bonds. The Labute approximate surface area is 213 Å². The Hall–Kier alpha value is -3.10. The Morgan fingerprint density at radius 2 is 0.944 bits per heavy atom. The van der Waals surface area contributed by atoms with Crippen LogP contribution >= 0.6 is 0 Å². The predicted molar refractivity (Wildman–Crippen MR) is 136 cm³/mol. The van der Waals surface area contributed by atoms with E-state index in [2.05, 4.69) is 10.6 Å². The minimum absolute atomic E-state index is 0.136.